The smallest absolute Gasteiger partial charge is 0.294 e. The molecular weight excluding hydrogens is 310 g/mol. The normalized spacial score (nSPS) is 28.0. The van der Waals surface area contributed by atoms with Crippen LogP contribution in [0.5, 0.6) is 0 Å². The van der Waals surface area contributed by atoms with E-state index in [0.29, 0.717) is 30.6 Å². The largest absolute Gasteiger partial charge is 0.354 e. The van der Waals surface area contributed by atoms with Gasteiger partial charge < -0.3 is 15.5 Å². The van der Waals surface area contributed by atoms with Gasteiger partial charge in [0.1, 0.15) is 6.04 Å². The minimum atomic E-state index is -0.749. The molecule has 0 aromatic carbocycles. The molecule has 2 rings (SSSR count). The maximum atomic E-state index is 11.9. The van der Waals surface area contributed by atoms with Gasteiger partial charge in [-0.1, -0.05) is 24.6 Å². The van der Waals surface area contributed by atoms with Gasteiger partial charge in [0.05, 0.1) is 6.61 Å². The van der Waals surface area contributed by atoms with Crippen molar-refractivity contribution >= 4 is 22.9 Å². The third-order valence-corrected chi connectivity index (χ3v) is 5.12. The number of thioether (sulfide) groups is 1. The average Bonchev–Trinajstić information content (AvgIpc) is 2.92. The van der Waals surface area contributed by atoms with E-state index >= 15 is 0 Å². The molecule has 8 nitrogen and oxygen atoms in total. The number of amides is 2. The van der Waals surface area contributed by atoms with Gasteiger partial charge in [-0.25, -0.2) is 0 Å². The third-order valence-electron chi connectivity index (χ3n) is 4.24. The second-order valence-electron chi connectivity index (χ2n) is 5.77. The molecule has 0 spiro atoms. The summed E-state index contributed by atoms with van der Waals surface area (Å²) in [5.74, 6) is 1.30. The molecule has 1 atom stereocenters. The Balaban J connectivity index is 1.58. The highest BCUT2D eigenvalue weighted by Crippen LogP contribution is 2.30. The minimum Gasteiger partial charge on any atom is -0.354 e. The zero-order valence-electron chi connectivity index (χ0n) is 12.3. The van der Waals surface area contributed by atoms with Crippen molar-refractivity contribution in [3.63, 3.8) is 0 Å². The van der Waals surface area contributed by atoms with Gasteiger partial charge in [0.15, 0.2) is 0 Å². The lowest BCUT2D eigenvalue weighted by molar-refractivity contribution is -0.758. The van der Waals surface area contributed by atoms with E-state index < -0.39 is 11.1 Å². The molecule has 1 aliphatic carbocycles. The first kappa shape index (κ1) is 16.9. The molecule has 2 fully saturated rings. The summed E-state index contributed by atoms with van der Waals surface area (Å²) >= 11 is 1.13. The molecule has 2 N–H and O–H groups in total. The Kier molecular flexibility index (Phi) is 6.29. The van der Waals surface area contributed by atoms with Crippen LogP contribution in [-0.4, -0.2) is 41.2 Å². The minimum absolute atomic E-state index is 0.111. The van der Waals surface area contributed by atoms with Crippen LogP contribution in [0.25, 0.3) is 0 Å². The highest BCUT2D eigenvalue weighted by atomic mass is 32.2. The zero-order chi connectivity index (χ0) is 15.9. The first-order valence-corrected chi connectivity index (χ1v) is 8.51. The predicted octanol–water partition coefficient (Wildman–Crippen LogP) is 1.33. The van der Waals surface area contributed by atoms with E-state index in [1.807, 2.05) is 0 Å². The van der Waals surface area contributed by atoms with Crippen molar-refractivity contribution in [2.75, 3.05) is 18.9 Å². The number of nitrogens with zero attached hydrogens (tertiary/aromatic N) is 1. The number of rotatable bonds is 7. The van der Waals surface area contributed by atoms with Crippen molar-refractivity contribution in [2.24, 2.45) is 11.8 Å². The molecule has 2 amide bonds. The van der Waals surface area contributed by atoms with Gasteiger partial charge in [0.25, 0.3) is 10.3 Å². The molecule has 2 aliphatic rings. The summed E-state index contributed by atoms with van der Waals surface area (Å²) in [5, 5.41) is 14.7. The zero-order valence-corrected chi connectivity index (χ0v) is 13.1. The van der Waals surface area contributed by atoms with Crippen molar-refractivity contribution < 1.29 is 19.5 Å². The summed E-state index contributed by atoms with van der Waals surface area (Å²) in [5.41, 5.74) is 0. The predicted molar refractivity (Wildman–Crippen MR) is 80.8 cm³/mol. The van der Waals surface area contributed by atoms with Crippen LogP contribution in [0.3, 0.4) is 0 Å². The maximum absolute atomic E-state index is 11.9. The second-order valence-corrected chi connectivity index (χ2v) is 6.77. The lowest BCUT2D eigenvalue weighted by Crippen LogP contribution is -2.44. The van der Waals surface area contributed by atoms with Gasteiger partial charge in [0, 0.05) is 12.3 Å². The molecule has 1 heterocycles. The SMILES string of the molecule is O=C1N[C@H](C(=O)NC[C@H]2CC[C@H](CCO[N+](=O)[O-])CC2)CS1. The standard InChI is InChI=1S/C13H21N3O5S/c17-12(11-8-22-13(18)15-11)14-7-10-3-1-9(2-4-10)5-6-21-16(19)20/h9-11H,1-8H2,(H,14,17)(H,15,18)/t9-,10-,11-/m0/s1. The Hall–Kier alpha value is -1.51. The van der Waals surface area contributed by atoms with Crippen molar-refractivity contribution in [1.29, 1.82) is 0 Å². The molecule has 0 aromatic rings. The number of hydrogen-bond donors (Lipinski definition) is 2. The van der Waals surface area contributed by atoms with Crippen molar-refractivity contribution in [1.82, 2.24) is 10.6 Å². The van der Waals surface area contributed by atoms with E-state index in [0.717, 1.165) is 37.4 Å². The fraction of sp³-hybridized carbons (Fsp3) is 0.846. The van der Waals surface area contributed by atoms with Crippen LogP contribution in [0.15, 0.2) is 0 Å². The summed E-state index contributed by atoms with van der Waals surface area (Å²) in [6, 6.07) is -0.409. The Labute approximate surface area is 132 Å². The third kappa shape index (κ3) is 5.36. The van der Waals surface area contributed by atoms with Crippen molar-refractivity contribution in [2.45, 2.75) is 38.1 Å². The lowest BCUT2D eigenvalue weighted by Gasteiger charge is -2.28. The van der Waals surface area contributed by atoms with Gasteiger partial charge in [-0.15, -0.1) is 10.1 Å². The van der Waals surface area contributed by atoms with E-state index in [9.17, 15) is 19.7 Å². The van der Waals surface area contributed by atoms with Crippen LogP contribution in [0.4, 0.5) is 4.79 Å². The fourth-order valence-corrected chi connectivity index (χ4v) is 3.69. The van der Waals surface area contributed by atoms with E-state index in [4.69, 9.17) is 0 Å². The Morgan fingerprint density at radius 3 is 2.64 bits per heavy atom. The van der Waals surface area contributed by atoms with Gasteiger partial charge in [-0.3, -0.25) is 9.59 Å². The van der Waals surface area contributed by atoms with Crippen LogP contribution in [0.2, 0.25) is 0 Å². The van der Waals surface area contributed by atoms with Crippen LogP contribution >= 0.6 is 11.8 Å². The highest BCUT2D eigenvalue weighted by Gasteiger charge is 2.28. The Morgan fingerprint density at radius 1 is 1.36 bits per heavy atom. The quantitative estimate of drug-likeness (QED) is 0.538. The number of hydrogen-bond acceptors (Lipinski definition) is 6. The number of carbonyl (C=O) groups is 2. The molecule has 0 aromatic heterocycles. The molecule has 9 heteroatoms. The summed E-state index contributed by atoms with van der Waals surface area (Å²) in [6.45, 7) is 0.798. The molecule has 22 heavy (non-hydrogen) atoms. The van der Waals surface area contributed by atoms with Gasteiger partial charge in [0.2, 0.25) is 5.91 Å². The molecule has 0 unspecified atom stereocenters. The number of carbonyl (C=O) groups excluding carboxylic acids is 2. The van der Waals surface area contributed by atoms with Crippen LogP contribution in [-0.2, 0) is 9.63 Å². The molecule has 0 bridgehead atoms. The van der Waals surface area contributed by atoms with Crippen LogP contribution in [0, 0.1) is 22.0 Å². The van der Waals surface area contributed by atoms with Crippen LogP contribution < -0.4 is 10.6 Å². The van der Waals surface area contributed by atoms with Crippen molar-refractivity contribution in [3.8, 4) is 0 Å². The first-order chi connectivity index (χ1) is 10.5. The van der Waals surface area contributed by atoms with E-state index in [-0.39, 0.29) is 17.8 Å². The van der Waals surface area contributed by atoms with Crippen molar-refractivity contribution in [3.05, 3.63) is 10.1 Å². The molecule has 0 radical (unpaired) electrons. The summed E-state index contributed by atoms with van der Waals surface area (Å²) < 4.78 is 0. The summed E-state index contributed by atoms with van der Waals surface area (Å²) in [7, 11) is 0. The number of nitrogens with one attached hydrogen (secondary N) is 2. The van der Waals surface area contributed by atoms with Gasteiger partial charge in [-0.05, 0) is 31.1 Å². The highest BCUT2D eigenvalue weighted by molar-refractivity contribution is 8.14. The summed E-state index contributed by atoms with van der Waals surface area (Å²) in [4.78, 5) is 37.4. The Morgan fingerprint density at radius 2 is 2.05 bits per heavy atom. The van der Waals surface area contributed by atoms with Gasteiger partial charge >= 0.3 is 0 Å². The lowest BCUT2D eigenvalue weighted by atomic mass is 9.80. The Bertz CT molecular complexity index is 426. The first-order valence-electron chi connectivity index (χ1n) is 7.53. The fourth-order valence-electron chi connectivity index (χ4n) is 2.91. The molecule has 1 saturated carbocycles. The monoisotopic (exact) mass is 331 g/mol. The molecule has 1 saturated heterocycles. The van der Waals surface area contributed by atoms with E-state index in [2.05, 4.69) is 15.5 Å². The van der Waals surface area contributed by atoms with E-state index in [1.165, 1.54) is 0 Å². The van der Waals surface area contributed by atoms with Gasteiger partial charge in [-0.2, -0.15) is 0 Å². The second kappa shape index (κ2) is 8.21. The molecule has 1 aliphatic heterocycles. The topological polar surface area (TPSA) is 111 Å². The maximum Gasteiger partial charge on any atom is 0.294 e. The van der Waals surface area contributed by atoms with E-state index in [1.54, 1.807) is 0 Å². The van der Waals surface area contributed by atoms with Crippen LogP contribution in [0.1, 0.15) is 32.1 Å². The molecule has 124 valence electrons. The average molecular weight is 331 g/mol. The summed E-state index contributed by atoms with van der Waals surface area (Å²) in [6.07, 6.45) is 4.75. The molecular formula is C13H21N3O5S.